The Morgan fingerprint density at radius 1 is 1.11 bits per heavy atom. The summed E-state index contributed by atoms with van der Waals surface area (Å²) < 4.78 is 22.0. The molecule has 4 aromatic rings. The van der Waals surface area contributed by atoms with E-state index in [2.05, 4.69) is 20.7 Å². The fourth-order valence-electron chi connectivity index (χ4n) is 4.12. The highest BCUT2D eigenvalue weighted by atomic mass is 35.5. The van der Waals surface area contributed by atoms with E-state index in [9.17, 15) is 4.79 Å². The third kappa shape index (κ3) is 4.24. The van der Waals surface area contributed by atoms with Gasteiger partial charge in [0.15, 0.2) is 5.82 Å². The first-order valence-corrected chi connectivity index (χ1v) is 11.2. The smallest absolute Gasteiger partial charge is 0.255 e. The average molecular weight is 490 g/mol. The van der Waals surface area contributed by atoms with Crippen LogP contribution in [-0.2, 0) is 4.79 Å². The predicted molar refractivity (Wildman–Crippen MR) is 133 cm³/mol. The maximum absolute atomic E-state index is 15.1. The lowest BCUT2D eigenvalue weighted by atomic mass is 9.94. The Labute approximate surface area is 206 Å². The molecule has 5 rings (SSSR count). The molecule has 0 saturated carbocycles. The standard InChI is InChI=1S/C26H21ClFN5O2/c1-15-22(25(34)30-20-12-5-6-13-21(20)35-2)23(18-10-3-4-11-19(18)28)33-26(29-15)31-24(32-33)16-8-7-9-17(27)14-16/h3-14,23H,1-2H3,(H,30,34)(H,29,31,32). The molecule has 3 aromatic carbocycles. The summed E-state index contributed by atoms with van der Waals surface area (Å²) in [5.74, 6) is 0.420. The van der Waals surface area contributed by atoms with Gasteiger partial charge >= 0.3 is 0 Å². The molecule has 9 heteroatoms. The van der Waals surface area contributed by atoms with Crippen molar-refractivity contribution in [3.8, 4) is 17.1 Å². The molecule has 0 saturated heterocycles. The topological polar surface area (TPSA) is 81.1 Å². The molecule has 1 unspecified atom stereocenters. The molecular formula is C26H21ClFN5O2. The van der Waals surface area contributed by atoms with E-state index in [0.717, 1.165) is 0 Å². The molecule has 7 nitrogen and oxygen atoms in total. The minimum Gasteiger partial charge on any atom is -0.495 e. The van der Waals surface area contributed by atoms with Crippen molar-refractivity contribution >= 4 is 29.1 Å². The number of allylic oxidation sites excluding steroid dienone is 1. The van der Waals surface area contributed by atoms with Gasteiger partial charge < -0.3 is 15.4 Å². The largest absolute Gasteiger partial charge is 0.495 e. The number of carbonyl (C=O) groups excluding carboxylic acids is 1. The lowest BCUT2D eigenvalue weighted by Gasteiger charge is -2.29. The molecule has 1 atom stereocenters. The van der Waals surface area contributed by atoms with Crippen molar-refractivity contribution in [3.63, 3.8) is 0 Å². The number of ether oxygens (including phenoxy) is 1. The molecule has 0 fully saturated rings. The van der Waals surface area contributed by atoms with Crippen LogP contribution in [0.25, 0.3) is 11.4 Å². The van der Waals surface area contributed by atoms with Crippen LogP contribution in [0.15, 0.2) is 84.1 Å². The first-order valence-electron chi connectivity index (χ1n) is 10.9. The summed E-state index contributed by atoms with van der Waals surface area (Å²) in [6.45, 7) is 1.75. The first kappa shape index (κ1) is 22.6. The van der Waals surface area contributed by atoms with Crippen LogP contribution in [0.5, 0.6) is 5.75 Å². The molecular weight excluding hydrogens is 469 g/mol. The fraction of sp³-hybridized carbons (Fsp3) is 0.115. The van der Waals surface area contributed by atoms with E-state index in [0.29, 0.717) is 50.6 Å². The van der Waals surface area contributed by atoms with Gasteiger partial charge in [0.1, 0.15) is 17.6 Å². The summed E-state index contributed by atoms with van der Waals surface area (Å²) in [7, 11) is 1.53. The van der Waals surface area contributed by atoms with Crippen LogP contribution >= 0.6 is 11.6 Å². The van der Waals surface area contributed by atoms with Crippen LogP contribution in [0.2, 0.25) is 5.02 Å². The number of halogens is 2. The van der Waals surface area contributed by atoms with Gasteiger partial charge in [0, 0.05) is 21.8 Å². The highest BCUT2D eigenvalue weighted by molar-refractivity contribution is 6.30. The maximum Gasteiger partial charge on any atom is 0.255 e. The van der Waals surface area contributed by atoms with E-state index in [1.54, 1.807) is 61.5 Å². The minimum absolute atomic E-state index is 0.294. The summed E-state index contributed by atoms with van der Waals surface area (Å²) in [4.78, 5) is 18.2. The van der Waals surface area contributed by atoms with E-state index in [4.69, 9.17) is 16.3 Å². The number of fused-ring (bicyclic) bond motifs is 1. The fourth-order valence-corrected chi connectivity index (χ4v) is 4.31. The first-order chi connectivity index (χ1) is 17.0. The van der Waals surface area contributed by atoms with Crippen LogP contribution in [-0.4, -0.2) is 27.8 Å². The van der Waals surface area contributed by atoms with E-state index >= 15 is 4.39 Å². The number of aromatic nitrogens is 3. The number of methoxy groups -OCH3 is 1. The number of nitrogens with one attached hydrogen (secondary N) is 2. The van der Waals surface area contributed by atoms with Crippen LogP contribution < -0.4 is 15.4 Å². The second-order valence-electron chi connectivity index (χ2n) is 7.96. The Morgan fingerprint density at radius 3 is 2.66 bits per heavy atom. The molecule has 1 aliphatic heterocycles. The van der Waals surface area contributed by atoms with Crippen molar-refractivity contribution in [3.05, 3.63) is 100 Å². The second kappa shape index (κ2) is 9.23. The SMILES string of the molecule is COc1ccccc1NC(=O)C1=C(C)Nc2nc(-c3cccc(Cl)c3)nn2C1c1ccccc1F. The zero-order valence-electron chi connectivity index (χ0n) is 18.9. The maximum atomic E-state index is 15.1. The molecule has 2 N–H and O–H groups in total. The number of hydrogen-bond donors (Lipinski definition) is 2. The van der Waals surface area contributed by atoms with Crippen LogP contribution in [0.4, 0.5) is 16.0 Å². The van der Waals surface area contributed by atoms with Crippen molar-refractivity contribution in [2.24, 2.45) is 0 Å². The number of amides is 1. The molecule has 1 amide bonds. The Morgan fingerprint density at radius 2 is 1.89 bits per heavy atom. The molecule has 1 aliphatic rings. The van der Waals surface area contributed by atoms with Crippen LogP contribution in [0, 0.1) is 5.82 Å². The van der Waals surface area contributed by atoms with Crippen molar-refractivity contribution in [2.45, 2.75) is 13.0 Å². The van der Waals surface area contributed by atoms with Crippen molar-refractivity contribution in [1.82, 2.24) is 14.8 Å². The third-order valence-corrected chi connectivity index (χ3v) is 5.97. The second-order valence-corrected chi connectivity index (χ2v) is 8.39. The molecule has 176 valence electrons. The van der Waals surface area contributed by atoms with Gasteiger partial charge in [0.05, 0.1) is 18.4 Å². The van der Waals surface area contributed by atoms with Crippen LogP contribution in [0.3, 0.4) is 0 Å². The Hall–Kier alpha value is -4.17. The zero-order chi connectivity index (χ0) is 24.5. The van der Waals surface area contributed by atoms with Crippen LogP contribution in [0.1, 0.15) is 18.5 Å². The lowest BCUT2D eigenvalue weighted by Crippen LogP contribution is -2.32. The Balaban J connectivity index is 1.62. The zero-order valence-corrected chi connectivity index (χ0v) is 19.7. The monoisotopic (exact) mass is 489 g/mol. The van der Waals surface area contributed by atoms with E-state index < -0.39 is 17.8 Å². The number of anilines is 2. The highest BCUT2D eigenvalue weighted by Crippen LogP contribution is 2.38. The molecule has 0 bridgehead atoms. The van der Waals surface area contributed by atoms with Crippen molar-refractivity contribution in [1.29, 1.82) is 0 Å². The molecule has 35 heavy (non-hydrogen) atoms. The highest BCUT2D eigenvalue weighted by Gasteiger charge is 2.36. The Kier molecular flexibility index (Phi) is 5.96. The van der Waals surface area contributed by atoms with Gasteiger partial charge in [-0.05, 0) is 37.3 Å². The van der Waals surface area contributed by atoms with E-state index in [1.807, 2.05) is 12.1 Å². The van der Waals surface area contributed by atoms with E-state index in [-0.39, 0.29) is 0 Å². The Bertz CT molecular complexity index is 1470. The van der Waals surface area contributed by atoms with Gasteiger partial charge in [0.25, 0.3) is 5.91 Å². The summed E-state index contributed by atoms with van der Waals surface area (Å²) in [5, 5.41) is 11.2. The van der Waals surface area contributed by atoms with Gasteiger partial charge in [-0.2, -0.15) is 4.98 Å². The lowest BCUT2D eigenvalue weighted by molar-refractivity contribution is -0.113. The number of rotatable bonds is 5. The van der Waals surface area contributed by atoms with Gasteiger partial charge in [-0.3, -0.25) is 4.79 Å². The molecule has 0 radical (unpaired) electrons. The minimum atomic E-state index is -0.859. The number of carbonyl (C=O) groups is 1. The number of nitrogens with zero attached hydrogens (tertiary/aromatic N) is 3. The normalized spacial score (nSPS) is 14.8. The van der Waals surface area contributed by atoms with Gasteiger partial charge in [0.2, 0.25) is 5.95 Å². The number of benzene rings is 3. The van der Waals surface area contributed by atoms with Gasteiger partial charge in [-0.25, -0.2) is 9.07 Å². The summed E-state index contributed by atoms with van der Waals surface area (Å²) in [5.41, 5.74) is 2.32. The van der Waals surface area contributed by atoms with Crippen molar-refractivity contribution < 1.29 is 13.9 Å². The third-order valence-electron chi connectivity index (χ3n) is 5.74. The number of hydrogen-bond acceptors (Lipinski definition) is 5. The van der Waals surface area contributed by atoms with Crippen molar-refractivity contribution in [2.75, 3.05) is 17.7 Å². The molecule has 2 heterocycles. The average Bonchev–Trinajstić information content (AvgIpc) is 3.27. The van der Waals surface area contributed by atoms with Gasteiger partial charge in [-0.1, -0.05) is 54.1 Å². The molecule has 1 aromatic heterocycles. The van der Waals surface area contributed by atoms with Gasteiger partial charge in [-0.15, -0.1) is 5.10 Å². The summed E-state index contributed by atoms with van der Waals surface area (Å²) in [6, 6.07) is 19.7. The summed E-state index contributed by atoms with van der Waals surface area (Å²) >= 11 is 6.16. The predicted octanol–water partition coefficient (Wildman–Crippen LogP) is 5.67. The van der Waals surface area contributed by atoms with E-state index in [1.165, 1.54) is 17.9 Å². The quantitative estimate of drug-likeness (QED) is 0.377. The number of para-hydroxylation sites is 2. The molecule has 0 spiro atoms. The summed E-state index contributed by atoms with van der Waals surface area (Å²) in [6.07, 6.45) is 0. The molecule has 0 aliphatic carbocycles.